The third-order valence-electron chi connectivity index (χ3n) is 3.05. The number of aromatic hydroxyl groups is 1. The van der Waals surface area contributed by atoms with Crippen LogP contribution in [0.4, 0.5) is 0 Å². The van der Waals surface area contributed by atoms with Crippen LogP contribution >= 0.6 is 0 Å². The summed E-state index contributed by atoms with van der Waals surface area (Å²) in [6.07, 6.45) is 7.49. The van der Waals surface area contributed by atoms with Crippen molar-refractivity contribution in [2.75, 3.05) is 0 Å². The average molecular weight is 236 g/mol. The third-order valence-corrected chi connectivity index (χ3v) is 3.05. The first-order valence-electron chi connectivity index (χ1n) is 6.68. The molecular formula is C15H24O2. The SMILES string of the molecule is CCCCCCCC(O)Cc1ccc(O)cc1. The van der Waals surface area contributed by atoms with Crippen molar-refractivity contribution in [3.8, 4) is 5.75 Å². The zero-order valence-corrected chi connectivity index (χ0v) is 10.7. The highest BCUT2D eigenvalue weighted by Gasteiger charge is 2.05. The van der Waals surface area contributed by atoms with Crippen LogP contribution in [0.2, 0.25) is 0 Å². The number of hydrogen-bond acceptors (Lipinski definition) is 2. The third kappa shape index (κ3) is 6.32. The van der Waals surface area contributed by atoms with Crippen LogP contribution in [-0.2, 0) is 6.42 Å². The van der Waals surface area contributed by atoms with Gasteiger partial charge in [0.1, 0.15) is 5.75 Å². The molecule has 1 aromatic rings. The van der Waals surface area contributed by atoms with Crippen LogP contribution in [0.3, 0.4) is 0 Å². The molecule has 0 aromatic heterocycles. The van der Waals surface area contributed by atoms with Gasteiger partial charge in [0.15, 0.2) is 0 Å². The zero-order valence-electron chi connectivity index (χ0n) is 10.7. The first-order chi connectivity index (χ1) is 8.22. The van der Waals surface area contributed by atoms with Crippen molar-refractivity contribution >= 4 is 0 Å². The van der Waals surface area contributed by atoms with Gasteiger partial charge in [-0.15, -0.1) is 0 Å². The smallest absolute Gasteiger partial charge is 0.115 e. The molecule has 0 aliphatic rings. The summed E-state index contributed by atoms with van der Waals surface area (Å²) in [7, 11) is 0. The Kier molecular flexibility index (Phi) is 6.71. The normalized spacial score (nSPS) is 12.6. The largest absolute Gasteiger partial charge is 0.508 e. The van der Waals surface area contributed by atoms with Gasteiger partial charge >= 0.3 is 0 Å². The first kappa shape index (κ1) is 14.0. The lowest BCUT2D eigenvalue weighted by Gasteiger charge is -2.10. The standard InChI is InChI=1S/C15H24O2/c1-2-3-4-5-6-7-15(17)12-13-8-10-14(16)11-9-13/h8-11,15-17H,2-7,12H2,1H3. The Hall–Kier alpha value is -1.02. The molecule has 1 atom stereocenters. The Balaban J connectivity index is 2.16. The molecule has 0 amide bonds. The number of benzene rings is 1. The van der Waals surface area contributed by atoms with E-state index in [2.05, 4.69) is 6.92 Å². The van der Waals surface area contributed by atoms with Crippen LogP contribution in [0.25, 0.3) is 0 Å². The zero-order chi connectivity index (χ0) is 12.5. The molecule has 96 valence electrons. The first-order valence-corrected chi connectivity index (χ1v) is 6.68. The molecule has 17 heavy (non-hydrogen) atoms. The summed E-state index contributed by atoms with van der Waals surface area (Å²) in [5.74, 6) is 0.280. The number of unbranched alkanes of at least 4 members (excludes halogenated alkanes) is 4. The van der Waals surface area contributed by atoms with Crippen LogP contribution < -0.4 is 0 Å². The number of aliphatic hydroxyl groups is 1. The summed E-state index contributed by atoms with van der Waals surface area (Å²) in [4.78, 5) is 0. The molecule has 0 aliphatic heterocycles. The Morgan fingerprint density at radius 1 is 1.00 bits per heavy atom. The molecule has 0 bridgehead atoms. The van der Waals surface area contributed by atoms with Gasteiger partial charge in [-0.05, 0) is 30.5 Å². The number of rotatable bonds is 8. The van der Waals surface area contributed by atoms with E-state index >= 15 is 0 Å². The van der Waals surface area contributed by atoms with Crippen LogP contribution in [0.5, 0.6) is 5.75 Å². The Morgan fingerprint density at radius 3 is 2.29 bits per heavy atom. The summed E-state index contributed by atoms with van der Waals surface area (Å²) in [6.45, 7) is 2.21. The van der Waals surface area contributed by atoms with E-state index < -0.39 is 0 Å². The minimum absolute atomic E-state index is 0.249. The number of phenolic OH excluding ortho intramolecular Hbond substituents is 1. The van der Waals surface area contributed by atoms with E-state index in [9.17, 15) is 5.11 Å². The quantitative estimate of drug-likeness (QED) is 0.676. The van der Waals surface area contributed by atoms with Crippen molar-refractivity contribution < 1.29 is 10.2 Å². The van der Waals surface area contributed by atoms with E-state index in [1.165, 1.54) is 25.7 Å². The molecule has 0 fully saturated rings. The van der Waals surface area contributed by atoms with E-state index in [-0.39, 0.29) is 11.9 Å². The van der Waals surface area contributed by atoms with Gasteiger partial charge in [-0.3, -0.25) is 0 Å². The molecule has 0 aliphatic carbocycles. The van der Waals surface area contributed by atoms with Crippen LogP contribution in [-0.4, -0.2) is 16.3 Å². The predicted octanol–water partition coefficient (Wildman–Crippen LogP) is 3.66. The van der Waals surface area contributed by atoms with Crippen molar-refractivity contribution in [2.45, 2.75) is 58.0 Å². The summed E-state index contributed by atoms with van der Waals surface area (Å²) in [5.41, 5.74) is 1.09. The second-order valence-corrected chi connectivity index (χ2v) is 4.73. The van der Waals surface area contributed by atoms with E-state index in [0.717, 1.165) is 18.4 Å². The van der Waals surface area contributed by atoms with Gasteiger partial charge < -0.3 is 10.2 Å². The molecule has 0 saturated heterocycles. The monoisotopic (exact) mass is 236 g/mol. The van der Waals surface area contributed by atoms with Gasteiger partial charge in [0, 0.05) is 0 Å². The Labute approximate surface area is 104 Å². The minimum atomic E-state index is -0.249. The van der Waals surface area contributed by atoms with Crippen molar-refractivity contribution in [3.63, 3.8) is 0 Å². The molecule has 2 N–H and O–H groups in total. The summed E-state index contributed by atoms with van der Waals surface area (Å²) in [6, 6.07) is 7.08. The topological polar surface area (TPSA) is 40.5 Å². The lowest BCUT2D eigenvalue weighted by Crippen LogP contribution is -2.10. The molecule has 0 saturated carbocycles. The van der Waals surface area contributed by atoms with E-state index in [0.29, 0.717) is 6.42 Å². The van der Waals surface area contributed by atoms with Gasteiger partial charge in [-0.2, -0.15) is 0 Å². The second kappa shape index (κ2) is 8.13. The molecule has 0 radical (unpaired) electrons. The fraction of sp³-hybridized carbons (Fsp3) is 0.600. The molecule has 0 spiro atoms. The molecule has 2 nitrogen and oxygen atoms in total. The van der Waals surface area contributed by atoms with Crippen molar-refractivity contribution in [1.82, 2.24) is 0 Å². The molecule has 1 aromatic carbocycles. The molecule has 1 rings (SSSR count). The Morgan fingerprint density at radius 2 is 1.65 bits per heavy atom. The Bertz CT molecular complexity index is 292. The molecule has 1 unspecified atom stereocenters. The van der Waals surface area contributed by atoms with Crippen LogP contribution in [0.15, 0.2) is 24.3 Å². The maximum Gasteiger partial charge on any atom is 0.115 e. The lowest BCUT2D eigenvalue weighted by atomic mass is 10.0. The van der Waals surface area contributed by atoms with Crippen molar-refractivity contribution in [2.24, 2.45) is 0 Å². The number of hydrogen-bond donors (Lipinski definition) is 2. The summed E-state index contributed by atoms with van der Waals surface area (Å²) < 4.78 is 0. The fourth-order valence-corrected chi connectivity index (χ4v) is 1.99. The molecule has 0 heterocycles. The molecule has 2 heteroatoms. The lowest BCUT2D eigenvalue weighted by molar-refractivity contribution is 0.161. The van der Waals surface area contributed by atoms with Crippen LogP contribution in [0.1, 0.15) is 51.0 Å². The van der Waals surface area contributed by atoms with Gasteiger partial charge in [0.05, 0.1) is 6.10 Å². The maximum absolute atomic E-state index is 9.87. The van der Waals surface area contributed by atoms with Gasteiger partial charge in [0.2, 0.25) is 0 Å². The van der Waals surface area contributed by atoms with Crippen molar-refractivity contribution in [1.29, 1.82) is 0 Å². The van der Waals surface area contributed by atoms with E-state index in [1.54, 1.807) is 12.1 Å². The van der Waals surface area contributed by atoms with Gasteiger partial charge in [-0.1, -0.05) is 51.2 Å². The van der Waals surface area contributed by atoms with Gasteiger partial charge in [-0.25, -0.2) is 0 Å². The van der Waals surface area contributed by atoms with E-state index in [1.807, 2.05) is 12.1 Å². The summed E-state index contributed by atoms with van der Waals surface area (Å²) in [5, 5.41) is 19.0. The summed E-state index contributed by atoms with van der Waals surface area (Å²) >= 11 is 0. The average Bonchev–Trinajstić information content (AvgIpc) is 2.32. The predicted molar refractivity (Wildman–Crippen MR) is 71.2 cm³/mol. The number of phenols is 1. The highest BCUT2D eigenvalue weighted by Crippen LogP contribution is 2.14. The van der Waals surface area contributed by atoms with Gasteiger partial charge in [0.25, 0.3) is 0 Å². The highest BCUT2D eigenvalue weighted by molar-refractivity contribution is 5.26. The van der Waals surface area contributed by atoms with Crippen molar-refractivity contribution in [3.05, 3.63) is 29.8 Å². The fourth-order valence-electron chi connectivity index (χ4n) is 1.99. The van der Waals surface area contributed by atoms with Crippen LogP contribution in [0, 0.1) is 0 Å². The maximum atomic E-state index is 9.87. The number of aliphatic hydroxyl groups excluding tert-OH is 1. The highest BCUT2D eigenvalue weighted by atomic mass is 16.3. The molecular weight excluding hydrogens is 212 g/mol. The van der Waals surface area contributed by atoms with E-state index in [4.69, 9.17) is 5.11 Å². The second-order valence-electron chi connectivity index (χ2n) is 4.73. The minimum Gasteiger partial charge on any atom is -0.508 e.